The van der Waals surface area contributed by atoms with E-state index in [0.717, 1.165) is 12.8 Å². The van der Waals surface area contributed by atoms with E-state index in [2.05, 4.69) is 10.0 Å². The Morgan fingerprint density at radius 2 is 1.74 bits per heavy atom. The van der Waals surface area contributed by atoms with E-state index in [0.29, 0.717) is 31.5 Å². The van der Waals surface area contributed by atoms with Crippen LogP contribution in [0.15, 0.2) is 40.0 Å². The second kappa shape index (κ2) is 8.82. The summed E-state index contributed by atoms with van der Waals surface area (Å²) in [4.78, 5) is 26.7. The summed E-state index contributed by atoms with van der Waals surface area (Å²) in [5, 5.41) is 2.91. The summed E-state index contributed by atoms with van der Waals surface area (Å²) in [7, 11) is -3.84. The van der Waals surface area contributed by atoms with Gasteiger partial charge in [0, 0.05) is 25.2 Å². The number of benzene rings is 1. The van der Waals surface area contributed by atoms with E-state index in [1.807, 2.05) is 0 Å². The predicted molar refractivity (Wildman–Crippen MR) is 115 cm³/mol. The summed E-state index contributed by atoms with van der Waals surface area (Å²) in [6.45, 7) is 0.961. The van der Waals surface area contributed by atoms with Crippen LogP contribution in [-0.4, -0.2) is 50.3 Å². The van der Waals surface area contributed by atoms with Crippen LogP contribution in [0.3, 0.4) is 0 Å². The van der Waals surface area contributed by atoms with Crippen molar-refractivity contribution in [3.8, 4) is 0 Å². The average molecular weight is 486 g/mol. The van der Waals surface area contributed by atoms with Gasteiger partial charge in [-0.25, -0.2) is 13.1 Å². The Labute approximate surface area is 189 Å². The zero-order valence-electron chi connectivity index (χ0n) is 16.4. The van der Waals surface area contributed by atoms with Gasteiger partial charge in [0.15, 0.2) is 0 Å². The van der Waals surface area contributed by atoms with Crippen molar-refractivity contribution in [3.05, 3.63) is 51.9 Å². The van der Waals surface area contributed by atoms with E-state index < -0.39 is 15.9 Å². The Bertz CT molecular complexity index is 1090. The van der Waals surface area contributed by atoms with Crippen molar-refractivity contribution in [2.75, 3.05) is 13.1 Å². The second-order valence-electron chi connectivity index (χ2n) is 7.71. The number of furan rings is 1. The molecule has 0 spiro atoms. The zero-order chi connectivity index (χ0) is 22.2. The van der Waals surface area contributed by atoms with Crippen LogP contribution in [0.1, 0.15) is 46.4 Å². The maximum absolute atomic E-state index is 12.8. The Morgan fingerprint density at radius 3 is 2.35 bits per heavy atom. The highest BCUT2D eigenvalue weighted by atomic mass is 35.5. The third-order valence-corrected chi connectivity index (χ3v) is 7.64. The van der Waals surface area contributed by atoms with Gasteiger partial charge in [-0.3, -0.25) is 9.59 Å². The lowest BCUT2D eigenvalue weighted by Crippen LogP contribution is -2.46. The molecule has 11 heteroatoms. The van der Waals surface area contributed by atoms with Crippen LogP contribution in [0.25, 0.3) is 0 Å². The minimum atomic E-state index is -3.84. The SMILES string of the molecule is O=C(NC1CCN(C(=O)c2ccoc2)CC1)c1cc(S(=O)(=O)NC2CC2)c(Cl)cc1Cl. The van der Waals surface area contributed by atoms with Gasteiger partial charge in [0.25, 0.3) is 11.8 Å². The molecular weight excluding hydrogens is 465 g/mol. The summed E-state index contributed by atoms with van der Waals surface area (Å²) in [5.74, 6) is -0.596. The number of nitrogens with zero attached hydrogens (tertiary/aromatic N) is 1. The van der Waals surface area contributed by atoms with Gasteiger partial charge in [0.1, 0.15) is 11.2 Å². The van der Waals surface area contributed by atoms with E-state index in [-0.39, 0.29) is 38.5 Å². The van der Waals surface area contributed by atoms with Gasteiger partial charge < -0.3 is 14.6 Å². The third-order valence-electron chi connectivity index (χ3n) is 5.34. The number of piperidine rings is 1. The molecule has 4 rings (SSSR count). The van der Waals surface area contributed by atoms with Gasteiger partial charge >= 0.3 is 0 Å². The standard InChI is InChI=1S/C20H21Cl2N3O5S/c21-16-10-17(22)18(31(28,29)24-14-1-2-14)9-15(16)19(26)23-13-3-6-25(7-4-13)20(27)12-5-8-30-11-12/h5,8-11,13-14,24H,1-4,6-7H2,(H,23,26). The molecule has 0 radical (unpaired) electrons. The molecule has 1 aliphatic carbocycles. The molecular formula is C20H21Cl2N3O5S. The first kappa shape index (κ1) is 22.1. The molecule has 2 aliphatic rings. The molecule has 1 aromatic carbocycles. The monoisotopic (exact) mass is 485 g/mol. The van der Waals surface area contributed by atoms with Crippen molar-refractivity contribution in [1.82, 2.24) is 14.9 Å². The quantitative estimate of drug-likeness (QED) is 0.653. The number of halogens is 2. The van der Waals surface area contributed by atoms with Crippen LogP contribution < -0.4 is 10.0 Å². The smallest absolute Gasteiger partial charge is 0.257 e. The van der Waals surface area contributed by atoms with Crippen molar-refractivity contribution in [1.29, 1.82) is 0 Å². The molecule has 166 valence electrons. The van der Waals surface area contributed by atoms with Crippen molar-refractivity contribution in [2.24, 2.45) is 0 Å². The first-order valence-corrected chi connectivity index (χ1v) is 12.1. The highest BCUT2D eigenvalue weighted by Crippen LogP contribution is 2.31. The van der Waals surface area contributed by atoms with E-state index in [1.54, 1.807) is 11.0 Å². The zero-order valence-corrected chi connectivity index (χ0v) is 18.8. The Hall–Kier alpha value is -2.07. The number of carbonyl (C=O) groups is 2. The minimum absolute atomic E-state index is 0.0409. The minimum Gasteiger partial charge on any atom is -0.472 e. The molecule has 2 heterocycles. The number of likely N-dealkylation sites (tertiary alicyclic amines) is 1. The van der Waals surface area contributed by atoms with Crippen LogP contribution in [0.2, 0.25) is 10.0 Å². The number of nitrogens with one attached hydrogen (secondary N) is 2. The molecule has 2 amide bonds. The van der Waals surface area contributed by atoms with Crippen molar-refractivity contribution < 1.29 is 22.4 Å². The highest BCUT2D eigenvalue weighted by molar-refractivity contribution is 7.89. The van der Waals surface area contributed by atoms with Crippen LogP contribution in [0, 0.1) is 0 Å². The molecule has 0 bridgehead atoms. The lowest BCUT2D eigenvalue weighted by atomic mass is 10.0. The van der Waals surface area contributed by atoms with Crippen molar-refractivity contribution >= 4 is 45.0 Å². The van der Waals surface area contributed by atoms with Gasteiger partial charge in [-0.1, -0.05) is 23.2 Å². The number of carbonyl (C=O) groups excluding carboxylic acids is 2. The molecule has 0 unspecified atom stereocenters. The van der Waals surface area contributed by atoms with E-state index in [4.69, 9.17) is 27.6 Å². The van der Waals surface area contributed by atoms with Crippen LogP contribution in [0.4, 0.5) is 0 Å². The maximum Gasteiger partial charge on any atom is 0.257 e. The number of sulfonamides is 1. The Kier molecular flexibility index (Phi) is 6.30. The molecule has 1 saturated heterocycles. The lowest BCUT2D eigenvalue weighted by Gasteiger charge is -2.32. The fourth-order valence-corrected chi connectivity index (χ4v) is 5.62. The molecule has 2 aromatic rings. The number of hydrogen-bond acceptors (Lipinski definition) is 5. The van der Waals surface area contributed by atoms with Gasteiger partial charge in [-0.05, 0) is 43.9 Å². The molecule has 8 nitrogen and oxygen atoms in total. The second-order valence-corrected chi connectivity index (χ2v) is 10.2. The molecule has 1 aromatic heterocycles. The largest absolute Gasteiger partial charge is 0.472 e. The van der Waals surface area contributed by atoms with Crippen LogP contribution >= 0.6 is 23.2 Å². The van der Waals surface area contributed by atoms with Crippen LogP contribution in [0.5, 0.6) is 0 Å². The molecule has 1 aliphatic heterocycles. The molecule has 2 fully saturated rings. The lowest BCUT2D eigenvalue weighted by molar-refractivity contribution is 0.0697. The first-order valence-electron chi connectivity index (χ1n) is 9.88. The highest BCUT2D eigenvalue weighted by Gasteiger charge is 2.31. The number of rotatable bonds is 6. The van der Waals surface area contributed by atoms with Gasteiger partial charge in [-0.2, -0.15) is 0 Å². The van der Waals surface area contributed by atoms with Gasteiger partial charge in [0.2, 0.25) is 10.0 Å². The maximum atomic E-state index is 12.8. The predicted octanol–water partition coefficient (Wildman–Crippen LogP) is 3.06. The molecule has 0 atom stereocenters. The third kappa shape index (κ3) is 5.06. The normalized spacial score (nSPS) is 17.5. The van der Waals surface area contributed by atoms with Crippen molar-refractivity contribution in [2.45, 2.75) is 42.7 Å². The van der Waals surface area contributed by atoms with E-state index >= 15 is 0 Å². The van der Waals surface area contributed by atoms with E-state index in [1.165, 1.54) is 24.7 Å². The Morgan fingerprint density at radius 1 is 1.03 bits per heavy atom. The molecule has 31 heavy (non-hydrogen) atoms. The van der Waals surface area contributed by atoms with Crippen LogP contribution in [-0.2, 0) is 10.0 Å². The topological polar surface area (TPSA) is 109 Å². The average Bonchev–Trinajstić information content (AvgIpc) is 3.35. The first-order chi connectivity index (χ1) is 14.7. The Balaban J connectivity index is 1.42. The number of hydrogen-bond donors (Lipinski definition) is 2. The summed E-state index contributed by atoms with van der Waals surface area (Å²) < 4.78 is 32.6. The fraction of sp³-hybridized carbons (Fsp3) is 0.400. The van der Waals surface area contributed by atoms with Gasteiger partial charge in [-0.15, -0.1) is 0 Å². The summed E-state index contributed by atoms with van der Waals surface area (Å²) in [6, 6.07) is 3.83. The van der Waals surface area contributed by atoms with Gasteiger partial charge in [0.05, 0.1) is 27.4 Å². The summed E-state index contributed by atoms with van der Waals surface area (Å²) >= 11 is 12.3. The number of amides is 2. The summed E-state index contributed by atoms with van der Waals surface area (Å²) in [6.07, 6.45) is 5.54. The summed E-state index contributed by atoms with van der Waals surface area (Å²) in [5.41, 5.74) is 0.531. The van der Waals surface area contributed by atoms with Crippen molar-refractivity contribution in [3.63, 3.8) is 0 Å². The van der Waals surface area contributed by atoms with E-state index in [9.17, 15) is 18.0 Å². The molecule has 1 saturated carbocycles. The molecule has 2 N–H and O–H groups in total. The fourth-order valence-electron chi connectivity index (χ4n) is 3.45.